The molecule has 0 bridgehead atoms. The summed E-state index contributed by atoms with van der Waals surface area (Å²) < 4.78 is 11.0. The molecule has 0 heterocycles. The highest BCUT2D eigenvalue weighted by molar-refractivity contribution is 5.80. The number of ether oxygens (including phenoxy) is 2. The van der Waals surface area contributed by atoms with Gasteiger partial charge in [-0.1, -0.05) is 13.8 Å². The average molecular weight is 285 g/mol. The Kier molecular flexibility index (Phi) is 6.96. The zero-order valence-corrected chi connectivity index (χ0v) is 13.7. The van der Waals surface area contributed by atoms with Crippen LogP contribution in [0.1, 0.15) is 60.3 Å². The summed E-state index contributed by atoms with van der Waals surface area (Å²) >= 11 is 0. The summed E-state index contributed by atoms with van der Waals surface area (Å²) in [6.45, 7) is 11.3. The summed E-state index contributed by atoms with van der Waals surface area (Å²) in [6, 6.07) is 0.486. The van der Waals surface area contributed by atoms with Crippen molar-refractivity contribution in [1.82, 2.24) is 5.32 Å². The molecule has 2 atom stereocenters. The van der Waals surface area contributed by atoms with Crippen molar-refractivity contribution in [2.45, 2.75) is 78.0 Å². The molecule has 0 spiro atoms. The molecule has 1 aliphatic rings. The van der Waals surface area contributed by atoms with Crippen LogP contribution in [0, 0.1) is 5.92 Å². The first-order chi connectivity index (χ1) is 9.39. The van der Waals surface area contributed by atoms with Crippen molar-refractivity contribution in [2.75, 3.05) is 13.2 Å². The molecule has 1 rings (SSSR count). The lowest BCUT2D eigenvalue weighted by Gasteiger charge is -2.29. The molecule has 1 N–H and O–H groups in total. The number of carbonyl (C=O) groups is 1. The van der Waals surface area contributed by atoms with Crippen LogP contribution in [0.3, 0.4) is 0 Å². The van der Waals surface area contributed by atoms with E-state index in [1.807, 2.05) is 13.8 Å². The van der Waals surface area contributed by atoms with E-state index in [2.05, 4.69) is 26.1 Å². The fourth-order valence-corrected chi connectivity index (χ4v) is 2.09. The Morgan fingerprint density at radius 3 is 2.50 bits per heavy atom. The van der Waals surface area contributed by atoms with E-state index in [0.29, 0.717) is 25.2 Å². The Morgan fingerprint density at radius 1 is 1.35 bits per heavy atom. The van der Waals surface area contributed by atoms with Gasteiger partial charge in [-0.15, -0.1) is 0 Å². The number of hydrogen-bond donors (Lipinski definition) is 1. The predicted octanol–water partition coefficient (Wildman–Crippen LogP) is 2.90. The van der Waals surface area contributed by atoms with Crippen LogP contribution < -0.4 is 5.32 Å². The van der Waals surface area contributed by atoms with Crippen molar-refractivity contribution >= 4 is 5.97 Å². The molecule has 0 aromatic heterocycles. The molecule has 1 fully saturated rings. The smallest absolute Gasteiger partial charge is 0.326 e. The van der Waals surface area contributed by atoms with E-state index >= 15 is 0 Å². The van der Waals surface area contributed by atoms with Gasteiger partial charge in [-0.2, -0.15) is 0 Å². The highest BCUT2D eigenvalue weighted by atomic mass is 16.5. The van der Waals surface area contributed by atoms with E-state index in [-0.39, 0.29) is 12.1 Å². The lowest BCUT2D eigenvalue weighted by atomic mass is 9.95. The third kappa shape index (κ3) is 5.80. The monoisotopic (exact) mass is 285 g/mol. The maximum Gasteiger partial charge on any atom is 0.326 e. The van der Waals surface area contributed by atoms with Gasteiger partial charge in [0.1, 0.15) is 5.54 Å². The van der Waals surface area contributed by atoms with Crippen molar-refractivity contribution in [3.63, 3.8) is 0 Å². The molecule has 0 saturated heterocycles. The van der Waals surface area contributed by atoms with Crippen LogP contribution >= 0.6 is 0 Å². The number of nitrogens with one attached hydrogen (secondary N) is 1. The largest absolute Gasteiger partial charge is 0.465 e. The van der Waals surface area contributed by atoms with Crippen molar-refractivity contribution in [1.29, 1.82) is 0 Å². The Hall–Kier alpha value is -0.610. The quantitative estimate of drug-likeness (QED) is 0.495. The fraction of sp³-hybridized carbons (Fsp3) is 0.938. The Labute approximate surface area is 123 Å². The molecule has 1 saturated carbocycles. The van der Waals surface area contributed by atoms with Crippen molar-refractivity contribution in [2.24, 2.45) is 5.92 Å². The highest BCUT2D eigenvalue weighted by Gasteiger charge is 2.39. The second-order valence-corrected chi connectivity index (χ2v) is 6.39. The van der Waals surface area contributed by atoms with Crippen LogP contribution in [0.25, 0.3) is 0 Å². The second-order valence-electron chi connectivity index (χ2n) is 6.39. The summed E-state index contributed by atoms with van der Waals surface area (Å²) in [5.74, 6) is 0.389. The van der Waals surface area contributed by atoms with Gasteiger partial charge >= 0.3 is 5.97 Å². The van der Waals surface area contributed by atoms with Gasteiger partial charge in [-0.3, -0.25) is 10.1 Å². The van der Waals surface area contributed by atoms with Gasteiger partial charge in [0.2, 0.25) is 0 Å². The van der Waals surface area contributed by atoms with Gasteiger partial charge < -0.3 is 9.47 Å². The molecular formula is C16H31NO3. The number of hydrogen-bond acceptors (Lipinski definition) is 4. The summed E-state index contributed by atoms with van der Waals surface area (Å²) in [7, 11) is 0. The molecule has 0 amide bonds. The first-order valence-corrected chi connectivity index (χ1v) is 7.95. The SMILES string of the molecule is CCOC(=O)C(C)(CCCOC(C)C(C)C)NC1CC1. The Balaban J connectivity index is 2.38. The minimum atomic E-state index is -0.568. The minimum absolute atomic E-state index is 0.135. The van der Waals surface area contributed by atoms with Crippen molar-refractivity contribution in [3.8, 4) is 0 Å². The van der Waals surface area contributed by atoms with Crippen LogP contribution in [-0.4, -0.2) is 36.9 Å². The highest BCUT2D eigenvalue weighted by Crippen LogP contribution is 2.26. The van der Waals surface area contributed by atoms with Crippen LogP contribution in [0.2, 0.25) is 0 Å². The molecule has 4 nitrogen and oxygen atoms in total. The number of rotatable bonds is 10. The Bertz CT molecular complexity index is 302. The lowest BCUT2D eigenvalue weighted by Crippen LogP contribution is -2.51. The summed E-state index contributed by atoms with van der Waals surface area (Å²) in [5, 5.41) is 3.43. The zero-order chi connectivity index (χ0) is 15.2. The third-order valence-corrected chi connectivity index (χ3v) is 3.97. The molecular weight excluding hydrogens is 254 g/mol. The van der Waals surface area contributed by atoms with Crippen LogP contribution in [0.15, 0.2) is 0 Å². The summed E-state index contributed by atoms with van der Waals surface area (Å²) in [6.07, 6.45) is 4.21. The molecule has 118 valence electrons. The second kappa shape index (κ2) is 7.99. The minimum Gasteiger partial charge on any atom is -0.465 e. The van der Waals surface area contributed by atoms with Gasteiger partial charge in [0.25, 0.3) is 0 Å². The average Bonchev–Trinajstić information content (AvgIpc) is 3.18. The van der Waals surface area contributed by atoms with E-state index in [0.717, 1.165) is 25.7 Å². The molecule has 0 aromatic carbocycles. The van der Waals surface area contributed by atoms with E-state index in [4.69, 9.17) is 9.47 Å². The van der Waals surface area contributed by atoms with Gasteiger partial charge in [0.15, 0.2) is 0 Å². The normalized spacial score (nSPS) is 19.7. The first kappa shape index (κ1) is 17.4. The van der Waals surface area contributed by atoms with E-state index in [9.17, 15) is 4.79 Å². The molecule has 2 unspecified atom stereocenters. The van der Waals surface area contributed by atoms with Gasteiger partial charge in [0.05, 0.1) is 12.7 Å². The molecule has 20 heavy (non-hydrogen) atoms. The molecule has 0 radical (unpaired) electrons. The maximum atomic E-state index is 12.1. The van der Waals surface area contributed by atoms with Gasteiger partial charge in [-0.25, -0.2) is 0 Å². The first-order valence-electron chi connectivity index (χ1n) is 7.95. The molecule has 0 aromatic rings. The molecule has 1 aliphatic carbocycles. The van der Waals surface area contributed by atoms with Crippen LogP contribution in [0.5, 0.6) is 0 Å². The van der Waals surface area contributed by atoms with Gasteiger partial charge in [0, 0.05) is 12.6 Å². The lowest BCUT2D eigenvalue weighted by molar-refractivity contribution is -0.151. The van der Waals surface area contributed by atoms with E-state index in [1.165, 1.54) is 0 Å². The summed E-state index contributed by atoms with van der Waals surface area (Å²) in [4.78, 5) is 12.1. The summed E-state index contributed by atoms with van der Waals surface area (Å²) in [5.41, 5.74) is -0.568. The number of esters is 1. The molecule has 0 aliphatic heterocycles. The topological polar surface area (TPSA) is 47.6 Å². The van der Waals surface area contributed by atoms with E-state index < -0.39 is 5.54 Å². The standard InChI is InChI=1S/C16H31NO3/c1-6-19-15(18)16(5,17-14-8-9-14)10-7-11-20-13(4)12(2)3/h12-14,17H,6-11H2,1-5H3. The van der Waals surface area contributed by atoms with Crippen molar-refractivity contribution in [3.05, 3.63) is 0 Å². The predicted molar refractivity (Wildman–Crippen MR) is 80.7 cm³/mol. The van der Waals surface area contributed by atoms with Crippen LogP contribution in [0.4, 0.5) is 0 Å². The number of carbonyl (C=O) groups excluding carboxylic acids is 1. The fourth-order valence-electron chi connectivity index (χ4n) is 2.09. The molecule has 4 heteroatoms. The zero-order valence-electron chi connectivity index (χ0n) is 13.7. The maximum absolute atomic E-state index is 12.1. The van der Waals surface area contributed by atoms with Crippen LogP contribution in [-0.2, 0) is 14.3 Å². The third-order valence-electron chi connectivity index (χ3n) is 3.97. The van der Waals surface area contributed by atoms with E-state index in [1.54, 1.807) is 0 Å². The van der Waals surface area contributed by atoms with Gasteiger partial charge in [-0.05, 0) is 52.4 Å². The van der Waals surface area contributed by atoms with Crippen molar-refractivity contribution < 1.29 is 14.3 Å². The Morgan fingerprint density at radius 2 is 2.00 bits per heavy atom.